The minimum Gasteiger partial charge on any atom is -0.323 e. The Bertz CT molecular complexity index is 174. The van der Waals surface area contributed by atoms with Gasteiger partial charge in [0.15, 0.2) is 0 Å². The van der Waals surface area contributed by atoms with Crippen LogP contribution in [-0.2, 0) is 0 Å². The molecule has 0 fully saturated rings. The van der Waals surface area contributed by atoms with E-state index >= 15 is 0 Å². The number of unbranched alkanes of at least 4 members (excludes halogenated alkanes) is 5. The van der Waals surface area contributed by atoms with Gasteiger partial charge < -0.3 is 9.38 Å². The summed E-state index contributed by atoms with van der Waals surface area (Å²) in [6, 6.07) is 0. The molecule has 0 aliphatic heterocycles. The topological polar surface area (TPSA) is 3.24 Å². The minimum absolute atomic E-state index is 1.22. The van der Waals surface area contributed by atoms with Crippen LogP contribution >= 0.6 is 0 Å². The fourth-order valence-corrected chi connectivity index (χ4v) is 2.61. The van der Waals surface area contributed by atoms with E-state index in [4.69, 9.17) is 0 Å². The second kappa shape index (κ2) is 10.8. The lowest BCUT2D eigenvalue weighted by molar-refractivity contribution is -0.924. The zero-order valence-electron chi connectivity index (χ0n) is 13.7. The van der Waals surface area contributed by atoms with Crippen LogP contribution in [0.5, 0.6) is 0 Å². The van der Waals surface area contributed by atoms with Gasteiger partial charge in [-0.15, -0.1) is 0 Å². The third-order valence-electron chi connectivity index (χ3n) is 4.35. The van der Waals surface area contributed by atoms with Crippen LogP contribution in [0, 0.1) is 0 Å². The fourth-order valence-electron chi connectivity index (χ4n) is 2.61. The maximum Gasteiger partial charge on any atom is 0.0915 e. The molecule has 0 saturated heterocycles. The lowest BCUT2D eigenvalue weighted by atomic mass is 10.1. The summed E-state index contributed by atoms with van der Waals surface area (Å²) in [6.07, 6.45) is 8.50. The Balaban J connectivity index is 3.87. The summed E-state index contributed by atoms with van der Waals surface area (Å²) < 4.78 is 1.31. The maximum absolute atomic E-state index is 2.36. The van der Waals surface area contributed by atoms with E-state index in [0.717, 1.165) is 0 Å². The standard InChI is InChI=1S/C16H37N2/c1-6-9-10-11-12-13-15-18(7-2,8-3)16-14-17(4)5/h6-16H2,1-5H3/q+1. The van der Waals surface area contributed by atoms with E-state index < -0.39 is 0 Å². The zero-order chi connectivity index (χ0) is 13.9. The van der Waals surface area contributed by atoms with Crippen LogP contribution in [0.1, 0.15) is 59.3 Å². The van der Waals surface area contributed by atoms with E-state index in [1.165, 1.54) is 75.7 Å². The molecule has 110 valence electrons. The van der Waals surface area contributed by atoms with Crippen LogP contribution in [0.4, 0.5) is 0 Å². The molecule has 0 aliphatic rings. The fraction of sp³-hybridized carbons (Fsp3) is 1.00. The molecule has 0 radical (unpaired) electrons. The Labute approximate surface area is 116 Å². The molecule has 0 saturated carbocycles. The van der Waals surface area contributed by atoms with Crippen molar-refractivity contribution in [2.24, 2.45) is 0 Å². The summed E-state index contributed by atoms with van der Waals surface area (Å²) in [5, 5.41) is 0. The summed E-state index contributed by atoms with van der Waals surface area (Å²) in [6.45, 7) is 13.5. The van der Waals surface area contributed by atoms with Gasteiger partial charge in [0.25, 0.3) is 0 Å². The molecule has 0 aromatic rings. The van der Waals surface area contributed by atoms with Gasteiger partial charge in [-0.2, -0.15) is 0 Å². The van der Waals surface area contributed by atoms with Crippen molar-refractivity contribution in [3.05, 3.63) is 0 Å². The second-order valence-electron chi connectivity index (χ2n) is 5.99. The Morgan fingerprint density at radius 3 is 1.78 bits per heavy atom. The Morgan fingerprint density at radius 1 is 0.722 bits per heavy atom. The Morgan fingerprint density at radius 2 is 1.28 bits per heavy atom. The van der Waals surface area contributed by atoms with Crippen molar-refractivity contribution >= 4 is 0 Å². The molecular formula is C16H37N2+. The number of quaternary nitrogens is 1. The van der Waals surface area contributed by atoms with Crippen LogP contribution in [0.3, 0.4) is 0 Å². The van der Waals surface area contributed by atoms with E-state index in [-0.39, 0.29) is 0 Å². The quantitative estimate of drug-likeness (QED) is 0.380. The third-order valence-corrected chi connectivity index (χ3v) is 4.35. The maximum atomic E-state index is 2.36. The van der Waals surface area contributed by atoms with Crippen molar-refractivity contribution in [1.29, 1.82) is 0 Å². The molecule has 0 amide bonds. The summed E-state index contributed by atoms with van der Waals surface area (Å²) in [4.78, 5) is 2.32. The molecule has 0 aromatic heterocycles. The van der Waals surface area contributed by atoms with E-state index in [2.05, 4.69) is 39.8 Å². The molecule has 0 N–H and O–H groups in total. The number of hydrogen-bond donors (Lipinski definition) is 0. The monoisotopic (exact) mass is 257 g/mol. The van der Waals surface area contributed by atoms with Crippen LogP contribution in [0.15, 0.2) is 0 Å². The van der Waals surface area contributed by atoms with Crippen molar-refractivity contribution in [3.63, 3.8) is 0 Å². The average molecular weight is 257 g/mol. The van der Waals surface area contributed by atoms with Gasteiger partial charge in [-0.25, -0.2) is 0 Å². The lowest BCUT2D eigenvalue weighted by Crippen LogP contribution is -2.51. The van der Waals surface area contributed by atoms with Crippen molar-refractivity contribution < 1.29 is 4.48 Å². The number of likely N-dealkylation sites (N-methyl/N-ethyl adjacent to an activating group) is 2. The highest BCUT2D eigenvalue weighted by Gasteiger charge is 2.22. The highest BCUT2D eigenvalue weighted by molar-refractivity contribution is 4.49. The van der Waals surface area contributed by atoms with Crippen LogP contribution in [0.25, 0.3) is 0 Å². The first-order valence-corrected chi connectivity index (χ1v) is 8.10. The molecule has 18 heavy (non-hydrogen) atoms. The Hall–Kier alpha value is -0.0800. The van der Waals surface area contributed by atoms with Crippen LogP contribution < -0.4 is 0 Å². The summed E-state index contributed by atoms with van der Waals surface area (Å²) >= 11 is 0. The van der Waals surface area contributed by atoms with E-state index in [1.807, 2.05) is 0 Å². The number of rotatable bonds is 12. The highest BCUT2D eigenvalue weighted by atomic mass is 15.4. The van der Waals surface area contributed by atoms with E-state index in [9.17, 15) is 0 Å². The molecule has 2 nitrogen and oxygen atoms in total. The first-order chi connectivity index (χ1) is 8.60. The Kier molecular flexibility index (Phi) is 10.8. The smallest absolute Gasteiger partial charge is 0.0915 e. The van der Waals surface area contributed by atoms with Gasteiger partial charge in [0, 0.05) is 6.54 Å². The molecule has 0 aromatic carbocycles. The predicted octanol–water partition coefficient (Wildman–Crippen LogP) is 3.77. The van der Waals surface area contributed by atoms with E-state index in [0.29, 0.717) is 0 Å². The van der Waals surface area contributed by atoms with Crippen molar-refractivity contribution in [2.45, 2.75) is 59.3 Å². The number of nitrogens with zero attached hydrogens (tertiary/aromatic N) is 2. The highest BCUT2D eigenvalue weighted by Crippen LogP contribution is 2.12. The molecule has 0 heterocycles. The molecular weight excluding hydrogens is 220 g/mol. The van der Waals surface area contributed by atoms with Gasteiger partial charge in [0.1, 0.15) is 0 Å². The first kappa shape index (κ1) is 17.9. The third kappa shape index (κ3) is 8.10. The lowest BCUT2D eigenvalue weighted by Gasteiger charge is -2.38. The second-order valence-corrected chi connectivity index (χ2v) is 5.99. The zero-order valence-corrected chi connectivity index (χ0v) is 13.7. The van der Waals surface area contributed by atoms with Gasteiger partial charge in [-0.1, -0.05) is 32.6 Å². The molecule has 0 spiro atoms. The van der Waals surface area contributed by atoms with Gasteiger partial charge in [0.2, 0.25) is 0 Å². The molecule has 2 heteroatoms. The van der Waals surface area contributed by atoms with Crippen molar-refractivity contribution in [2.75, 3.05) is 46.8 Å². The molecule has 0 unspecified atom stereocenters. The van der Waals surface area contributed by atoms with Crippen LogP contribution in [0.2, 0.25) is 0 Å². The van der Waals surface area contributed by atoms with Gasteiger partial charge >= 0.3 is 0 Å². The van der Waals surface area contributed by atoms with E-state index in [1.54, 1.807) is 0 Å². The molecule has 0 rings (SSSR count). The van der Waals surface area contributed by atoms with Crippen molar-refractivity contribution in [1.82, 2.24) is 4.90 Å². The summed E-state index contributed by atoms with van der Waals surface area (Å²) in [5.41, 5.74) is 0. The average Bonchev–Trinajstić information content (AvgIpc) is 2.37. The van der Waals surface area contributed by atoms with Gasteiger partial charge in [-0.3, -0.25) is 0 Å². The van der Waals surface area contributed by atoms with Gasteiger partial charge in [0.05, 0.1) is 26.2 Å². The molecule has 0 bridgehead atoms. The van der Waals surface area contributed by atoms with Crippen LogP contribution in [-0.4, -0.2) is 56.2 Å². The predicted molar refractivity (Wildman–Crippen MR) is 83.0 cm³/mol. The molecule has 0 atom stereocenters. The summed E-state index contributed by atoms with van der Waals surface area (Å²) in [7, 11) is 4.37. The van der Waals surface area contributed by atoms with Crippen molar-refractivity contribution in [3.8, 4) is 0 Å². The van der Waals surface area contributed by atoms with Gasteiger partial charge in [-0.05, 0) is 40.8 Å². The molecule has 0 aliphatic carbocycles. The first-order valence-electron chi connectivity index (χ1n) is 8.10. The summed E-state index contributed by atoms with van der Waals surface area (Å²) in [5.74, 6) is 0. The largest absolute Gasteiger partial charge is 0.323 e. The SMILES string of the molecule is CCCCCCCC[N+](CC)(CC)CCN(C)C. The minimum atomic E-state index is 1.22. The normalized spacial score (nSPS) is 12.3. The number of hydrogen-bond acceptors (Lipinski definition) is 1.